The quantitative estimate of drug-likeness (QED) is 0.792. The second-order valence-corrected chi connectivity index (χ2v) is 7.50. The van der Waals surface area contributed by atoms with Crippen molar-refractivity contribution in [3.05, 3.63) is 30.1 Å². The fourth-order valence-corrected chi connectivity index (χ4v) is 4.22. The maximum Gasteiger partial charge on any atom is 0.233 e. The van der Waals surface area contributed by atoms with Crippen LogP contribution >= 0.6 is 0 Å². The van der Waals surface area contributed by atoms with Gasteiger partial charge in [-0.05, 0) is 31.9 Å². The molecule has 0 bridgehead atoms. The van der Waals surface area contributed by atoms with E-state index in [2.05, 4.69) is 15.3 Å². The summed E-state index contributed by atoms with van der Waals surface area (Å²) < 4.78 is 0. The van der Waals surface area contributed by atoms with Gasteiger partial charge in [-0.15, -0.1) is 0 Å². The van der Waals surface area contributed by atoms with Gasteiger partial charge in [0, 0.05) is 13.0 Å². The molecule has 0 spiro atoms. The molecule has 7 nitrogen and oxygen atoms in total. The standard InChI is InChI=1S/C20H24N4O3/c1-12(18-22-15-8-4-5-9-16(15)23-18)21-17(25)10-11-24-19(26)13-6-2-3-7-14(13)20(24)27/h4-5,8-9,12-14H,2-3,6-7,10-11H2,1H3,(H,21,25)(H,22,23)/t12-,13-,14+/m1/s1. The summed E-state index contributed by atoms with van der Waals surface area (Å²) in [5.74, 6) is -0.0273. The minimum Gasteiger partial charge on any atom is -0.346 e. The second-order valence-electron chi connectivity index (χ2n) is 7.50. The summed E-state index contributed by atoms with van der Waals surface area (Å²) in [6.45, 7) is 2.01. The second kappa shape index (κ2) is 7.13. The van der Waals surface area contributed by atoms with Gasteiger partial charge >= 0.3 is 0 Å². The minimum atomic E-state index is -0.280. The van der Waals surface area contributed by atoms with Crippen LogP contribution in [0.3, 0.4) is 0 Å². The van der Waals surface area contributed by atoms with Crippen molar-refractivity contribution in [1.82, 2.24) is 20.2 Å². The molecular formula is C20H24N4O3. The number of imide groups is 1. The third-order valence-electron chi connectivity index (χ3n) is 5.69. The maximum atomic E-state index is 12.5. The van der Waals surface area contributed by atoms with E-state index in [0.717, 1.165) is 36.7 Å². The molecule has 0 unspecified atom stereocenters. The third-order valence-corrected chi connectivity index (χ3v) is 5.69. The van der Waals surface area contributed by atoms with Crippen LogP contribution in [-0.4, -0.2) is 39.1 Å². The molecule has 3 amide bonds. The van der Waals surface area contributed by atoms with Gasteiger partial charge in [0.2, 0.25) is 17.7 Å². The van der Waals surface area contributed by atoms with Crippen molar-refractivity contribution >= 4 is 28.8 Å². The molecule has 2 fully saturated rings. The summed E-state index contributed by atoms with van der Waals surface area (Å²) >= 11 is 0. The van der Waals surface area contributed by atoms with Crippen molar-refractivity contribution in [2.24, 2.45) is 11.8 Å². The monoisotopic (exact) mass is 368 g/mol. The van der Waals surface area contributed by atoms with E-state index in [4.69, 9.17) is 0 Å². The molecule has 2 aliphatic rings. The van der Waals surface area contributed by atoms with Crippen LogP contribution in [-0.2, 0) is 14.4 Å². The number of hydrogen-bond donors (Lipinski definition) is 2. The molecule has 2 N–H and O–H groups in total. The molecule has 1 aromatic carbocycles. The number of nitrogens with zero attached hydrogens (tertiary/aromatic N) is 2. The predicted octanol–water partition coefficient (Wildman–Crippen LogP) is 2.31. The number of likely N-dealkylation sites (tertiary alicyclic amines) is 1. The first kappa shape index (κ1) is 17.7. The van der Waals surface area contributed by atoms with Gasteiger partial charge in [-0.3, -0.25) is 19.3 Å². The lowest BCUT2D eigenvalue weighted by molar-refractivity contribution is -0.140. The van der Waals surface area contributed by atoms with E-state index in [1.807, 2.05) is 31.2 Å². The van der Waals surface area contributed by atoms with E-state index in [9.17, 15) is 14.4 Å². The average Bonchev–Trinajstić information content (AvgIpc) is 3.21. The molecule has 1 aliphatic heterocycles. The molecule has 0 radical (unpaired) electrons. The summed E-state index contributed by atoms with van der Waals surface area (Å²) in [6.07, 6.45) is 3.70. The summed E-state index contributed by atoms with van der Waals surface area (Å²) in [5.41, 5.74) is 1.77. The van der Waals surface area contributed by atoms with E-state index in [1.165, 1.54) is 4.90 Å². The number of H-pyrrole nitrogens is 1. The Hall–Kier alpha value is -2.70. The first-order valence-corrected chi connectivity index (χ1v) is 9.64. The van der Waals surface area contributed by atoms with Crippen LogP contribution in [0, 0.1) is 11.8 Å². The van der Waals surface area contributed by atoms with E-state index in [-0.39, 0.29) is 48.6 Å². The van der Waals surface area contributed by atoms with Crippen molar-refractivity contribution in [3.63, 3.8) is 0 Å². The number of benzene rings is 1. The Morgan fingerprint density at radius 2 is 1.89 bits per heavy atom. The Labute approximate surface area is 157 Å². The zero-order chi connectivity index (χ0) is 19.0. The van der Waals surface area contributed by atoms with Crippen molar-refractivity contribution in [1.29, 1.82) is 0 Å². The summed E-state index contributed by atoms with van der Waals surface area (Å²) in [6, 6.07) is 7.41. The summed E-state index contributed by atoms with van der Waals surface area (Å²) in [4.78, 5) is 46.2. The Morgan fingerprint density at radius 3 is 2.56 bits per heavy atom. The SMILES string of the molecule is C[C@@H](NC(=O)CCN1C(=O)[C@H]2CCCC[C@H]2C1=O)c1nc2ccccc2[nH]1. The van der Waals surface area contributed by atoms with Crippen LogP contribution in [0.2, 0.25) is 0 Å². The number of aromatic nitrogens is 2. The van der Waals surface area contributed by atoms with Crippen LogP contribution in [0.4, 0.5) is 0 Å². The number of aromatic amines is 1. The molecule has 1 saturated heterocycles. The molecule has 1 aromatic heterocycles. The van der Waals surface area contributed by atoms with E-state index in [1.54, 1.807) is 0 Å². The Morgan fingerprint density at radius 1 is 1.22 bits per heavy atom. The zero-order valence-electron chi connectivity index (χ0n) is 15.4. The number of nitrogens with one attached hydrogen (secondary N) is 2. The molecule has 7 heteroatoms. The Kier molecular flexibility index (Phi) is 4.68. The topological polar surface area (TPSA) is 95.2 Å². The Balaban J connectivity index is 1.34. The van der Waals surface area contributed by atoms with E-state index >= 15 is 0 Å². The molecule has 4 rings (SSSR count). The van der Waals surface area contributed by atoms with Gasteiger partial charge in [-0.2, -0.15) is 0 Å². The molecule has 27 heavy (non-hydrogen) atoms. The first-order chi connectivity index (χ1) is 13.0. The fourth-order valence-electron chi connectivity index (χ4n) is 4.22. The number of carbonyl (C=O) groups excluding carboxylic acids is 3. The molecule has 3 atom stereocenters. The number of fused-ring (bicyclic) bond motifs is 2. The lowest BCUT2D eigenvalue weighted by Crippen LogP contribution is -2.36. The fraction of sp³-hybridized carbons (Fsp3) is 0.500. The van der Waals surface area contributed by atoms with Crippen molar-refractivity contribution in [2.75, 3.05) is 6.54 Å². The van der Waals surface area contributed by atoms with Gasteiger partial charge in [0.05, 0.1) is 28.9 Å². The van der Waals surface area contributed by atoms with E-state index < -0.39 is 0 Å². The van der Waals surface area contributed by atoms with Crippen molar-refractivity contribution < 1.29 is 14.4 Å². The highest BCUT2D eigenvalue weighted by Gasteiger charge is 2.47. The van der Waals surface area contributed by atoms with Gasteiger partial charge in [-0.1, -0.05) is 25.0 Å². The number of rotatable bonds is 5. The summed E-state index contributed by atoms with van der Waals surface area (Å²) in [5, 5.41) is 2.89. The van der Waals surface area contributed by atoms with Crippen LogP contribution in [0.15, 0.2) is 24.3 Å². The zero-order valence-corrected chi connectivity index (χ0v) is 15.4. The molecular weight excluding hydrogens is 344 g/mol. The molecule has 142 valence electrons. The normalized spacial score (nSPS) is 23.5. The lowest BCUT2D eigenvalue weighted by atomic mass is 9.81. The van der Waals surface area contributed by atoms with Gasteiger partial charge in [0.25, 0.3) is 0 Å². The summed E-state index contributed by atoms with van der Waals surface area (Å²) in [7, 11) is 0. The highest BCUT2D eigenvalue weighted by atomic mass is 16.2. The van der Waals surface area contributed by atoms with E-state index in [0.29, 0.717) is 5.82 Å². The first-order valence-electron chi connectivity index (χ1n) is 9.64. The molecule has 1 saturated carbocycles. The maximum absolute atomic E-state index is 12.5. The largest absolute Gasteiger partial charge is 0.346 e. The van der Waals surface area contributed by atoms with Gasteiger partial charge < -0.3 is 10.3 Å². The highest BCUT2D eigenvalue weighted by Crippen LogP contribution is 2.37. The van der Waals surface area contributed by atoms with Crippen molar-refractivity contribution in [2.45, 2.75) is 45.1 Å². The average molecular weight is 368 g/mol. The predicted molar refractivity (Wildman–Crippen MR) is 99.4 cm³/mol. The van der Waals surface area contributed by atoms with Crippen LogP contribution in [0.5, 0.6) is 0 Å². The number of carbonyl (C=O) groups is 3. The number of hydrogen-bond acceptors (Lipinski definition) is 4. The van der Waals surface area contributed by atoms with Crippen LogP contribution in [0.1, 0.15) is 50.9 Å². The number of para-hydroxylation sites is 2. The van der Waals surface area contributed by atoms with Gasteiger partial charge in [-0.25, -0.2) is 4.98 Å². The smallest absolute Gasteiger partial charge is 0.233 e. The molecule has 2 aromatic rings. The van der Waals surface area contributed by atoms with Crippen molar-refractivity contribution in [3.8, 4) is 0 Å². The molecule has 2 heterocycles. The molecule has 1 aliphatic carbocycles. The highest BCUT2D eigenvalue weighted by molar-refractivity contribution is 6.05. The Bertz CT molecular complexity index is 833. The van der Waals surface area contributed by atoms with Gasteiger partial charge in [0.15, 0.2) is 0 Å². The number of amides is 3. The number of imidazole rings is 1. The van der Waals surface area contributed by atoms with Gasteiger partial charge in [0.1, 0.15) is 5.82 Å². The third kappa shape index (κ3) is 3.34. The minimum absolute atomic E-state index is 0.0946. The van der Waals surface area contributed by atoms with Crippen LogP contribution in [0.25, 0.3) is 11.0 Å². The lowest BCUT2D eigenvalue weighted by Gasteiger charge is -2.19. The van der Waals surface area contributed by atoms with Crippen LogP contribution < -0.4 is 5.32 Å².